The predicted molar refractivity (Wildman–Crippen MR) is 71.0 cm³/mol. The molecule has 4 heteroatoms. The molecule has 0 aliphatic heterocycles. The third kappa shape index (κ3) is 2.54. The molecule has 2 aliphatic rings. The van der Waals surface area contributed by atoms with Gasteiger partial charge in [0.2, 0.25) is 5.91 Å². The monoisotopic (exact) mass is 254 g/mol. The predicted octanol–water partition coefficient (Wildman–Crippen LogP) is 1.24. The van der Waals surface area contributed by atoms with Crippen LogP contribution in [0.25, 0.3) is 0 Å². The molecule has 2 aliphatic carbocycles. The van der Waals surface area contributed by atoms with E-state index in [0.29, 0.717) is 31.6 Å². The lowest BCUT2D eigenvalue weighted by Crippen LogP contribution is -2.47. The average molecular weight is 254 g/mol. The van der Waals surface area contributed by atoms with Gasteiger partial charge < -0.3 is 15.4 Å². The van der Waals surface area contributed by atoms with Crippen LogP contribution in [0.15, 0.2) is 0 Å². The van der Waals surface area contributed by atoms with Gasteiger partial charge in [0.05, 0.1) is 12.5 Å². The highest BCUT2D eigenvalue weighted by Gasteiger charge is 2.49. The van der Waals surface area contributed by atoms with Crippen LogP contribution in [0.2, 0.25) is 0 Å². The van der Waals surface area contributed by atoms with E-state index in [1.54, 1.807) is 0 Å². The number of ether oxygens (including phenoxy) is 1. The number of likely N-dealkylation sites (N-methyl/N-ethyl adjacent to an activating group) is 1. The molecular weight excluding hydrogens is 228 g/mol. The largest absolute Gasteiger partial charge is 0.380 e. The molecule has 0 spiro atoms. The van der Waals surface area contributed by atoms with E-state index in [2.05, 4.69) is 0 Å². The van der Waals surface area contributed by atoms with Crippen LogP contribution in [-0.4, -0.2) is 43.2 Å². The summed E-state index contributed by atoms with van der Waals surface area (Å²) in [7, 11) is 0. The number of rotatable bonds is 6. The Balaban J connectivity index is 1.92. The number of hydrogen-bond acceptors (Lipinski definition) is 3. The molecule has 0 aromatic rings. The average Bonchev–Trinajstić information content (AvgIpc) is 2.94. The van der Waals surface area contributed by atoms with Crippen molar-refractivity contribution >= 4 is 5.91 Å². The SMILES string of the molecule is CCOCCN(CC)C(=O)C1C2CCC(C2)C1N. The summed E-state index contributed by atoms with van der Waals surface area (Å²) in [5.74, 6) is 1.47. The van der Waals surface area contributed by atoms with Gasteiger partial charge in [-0.1, -0.05) is 0 Å². The zero-order valence-corrected chi connectivity index (χ0v) is 11.6. The van der Waals surface area contributed by atoms with Crippen molar-refractivity contribution in [3.8, 4) is 0 Å². The molecule has 2 fully saturated rings. The zero-order valence-electron chi connectivity index (χ0n) is 11.6. The van der Waals surface area contributed by atoms with Gasteiger partial charge in [0.15, 0.2) is 0 Å². The lowest BCUT2D eigenvalue weighted by atomic mass is 9.84. The third-order valence-electron chi connectivity index (χ3n) is 4.67. The van der Waals surface area contributed by atoms with Gasteiger partial charge in [0.25, 0.3) is 0 Å². The summed E-state index contributed by atoms with van der Waals surface area (Å²) in [5, 5.41) is 0. The van der Waals surface area contributed by atoms with E-state index < -0.39 is 0 Å². The molecule has 1 amide bonds. The van der Waals surface area contributed by atoms with Gasteiger partial charge in [-0.05, 0) is 44.9 Å². The van der Waals surface area contributed by atoms with E-state index in [9.17, 15) is 4.79 Å². The van der Waals surface area contributed by atoms with Crippen molar-refractivity contribution in [2.45, 2.75) is 39.2 Å². The van der Waals surface area contributed by atoms with Crippen LogP contribution < -0.4 is 5.73 Å². The number of fused-ring (bicyclic) bond motifs is 2. The Labute approximate surface area is 110 Å². The van der Waals surface area contributed by atoms with Gasteiger partial charge >= 0.3 is 0 Å². The van der Waals surface area contributed by atoms with Gasteiger partial charge in [-0.25, -0.2) is 0 Å². The van der Waals surface area contributed by atoms with Crippen molar-refractivity contribution in [3.63, 3.8) is 0 Å². The summed E-state index contributed by atoms with van der Waals surface area (Å²) in [6.45, 7) is 6.80. The Morgan fingerprint density at radius 1 is 1.33 bits per heavy atom. The van der Waals surface area contributed by atoms with E-state index in [4.69, 9.17) is 10.5 Å². The summed E-state index contributed by atoms with van der Waals surface area (Å²) in [4.78, 5) is 14.5. The highest BCUT2D eigenvalue weighted by molar-refractivity contribution is 5.80. The number of hydrogen-bond donors (Lipinski definition) is 1. The number of carbonyl (C=O) groups excluding carboxylic acids is 1. The van der Waals surface area contributed by atoms with Crippen LogP contribution in [-0.2, 0) is 9.53 Å². The molecule has 2 N–H and O–H groups in total. The number of carbonyl (C=O) groups is 1. The van der Waals surface area contributed by atoms with Gasteiger partial charge in [-0.15, -0.1) is 0 Å². The Morgan fingerprint density at radius 3 is 2.61 bits per heavy atom. The Bertz CT molecular complexity index is 294. The molecule has 4 atom stereocenters. The molecular formula is C14H26N2O2. The van der Waals surface area contributed by atoms with E-state index in [-0.39, 0.29) is 17.9 Å². The standard InChI is InChI=1S/C14H26N2O2/c1-3-16(7-8-18-4-2)14(17)12-10-5-6-11(9-10)13(12)15/h10-13H,3-9,15H2,1-2H3. The van der Waals surface area contributed by atoms with Gasteiger partial charge in [0.1, 0.15) is 0 Å². The normalized spacial score (nSPS) is 33.9. The fourth-order valence-electron chi connectivity index (χ4n) is 3.66. The molecule has 0 heterocycles. The highest BCUT2D eigenvalue weighted by Crippen LogP contribution is 2.48. The minimum atomic E-state index is 0.0744. The molecule has 4 nitrogen and oxygen atoms in total. The first-order valence-corrected chi connectivity index (χ1v) is 7.31. The topological polar surface area (TPSA) is 55.6 Å². The molecule has 0 radical (unpaired) electrons. The first-order chi connectivity index (χ1) is 8.69. The summed E-state index contributed by atoms with van der Waals surface area (Å²) in [6.07, 6.45) is 3.58. The van der Waals surface area contributed by atoms with Gasteiger partial charge in [-0.2, -0.15) is 0 Å². The summed E-state index contributed by atoms with van der Waals surface area (Å²) >= 11 is 0. The molecule has 104 valence electrons. The molecule has 4 unspecified atom stereocenters. The Kier molecular flexibility index (Phi) is 4.62. The van der Waals surface area contributed by atoms with Crippen molar-refractivity contribution in [3.05, 3.63) is 0 Å². The van der Waals surface area contributed by atoms with Gasteiger partial charge in [0, 0.05) is 25.7 Å². The fraction of sp³-hybridized carbons (Fsp3) is 0.929. The lowest BCUT2D eigenvalue weighted by molar-refractivity contribution is -0.138. The van der Waals surface area contributed by atoms with Crippen molar-refractivity contribution in [2.24, 2.45) is 23.5 Å². The van der Waals surface area contributed by atoms with Crippen LogP contribution >= 0.6 is 0 Å². The third-order valence-corrected chi connectivity index (χ3v) is 4.67. The molecule has 0 aromatic carbocycles. The molecule has 2 bridgehead atoms. The molecule has 0 saturated heterocycles. The quantitative estimate of drug-likeness (QED) is 0.726. The van der Waals surface area contributed by atoms with Crippen molar-refractivity contribution in [1.82, 2.24) is 4.90 Å². The van der Waals surface area contributed by atoms with Crippen LogP contribution in [0.3, 0.4) is 0 Å². The smallest absolute Gasteiger partial charge is 0.227 e. The van der Waals surface area contributed by atoms with Crippen LogP contribution in [0.5, 0.6) is 0 Å². The molecule has 2 saturated carbocycles. The van der Waals surface area contributed by atoms with E-state index in [1.165, 1.54) is 19.3 Å². The summed E-state index contributed by atoms with van der Waals surface area (Å²) in [5.41, 5.74) is 6.23. The van der Waals surface area contributed by atoms with Crippen LogP contribution in [0.4, 0.5) is 0 Å². The van der Waals surface area contributed by atoms with E-state index in [0.717, 1.165) is 6.54 Å². The van der Waals surface area contributed by atoms with Crippen molar-refractivity contribution in [1.29, 1.82) is 0 Å². The van der Waals surface area contributed by atoms with Gasteiger partial charge in [-0.3, -0.25) is 4.79 Å². The zero-order chi connectivity index (χ0) is 13.1. The minimum Gasteiger partial charge on any atom is -0.380 e. The second-order valence-corrected chi connectivity index (χ2v) is 5.55. The maximum atomic E-state index is 12.6. The second kappa shape index (κ2) is 6.02. The van der Waals surface area contributed by atoms with Crippen LogP contribution in [0, 0.1) is 17.8 Å². The number of amides is 1. The summed E-state index contributed by atoms with van der Waals surface area (Å²) in [6, 6.07) is 0.0948. The summed E-state index contributed by atoms with van der Waals surface area (Å²) < 4.78 is 5.34. The molecule has 0 aromatic heterocycles. The maximum Gasteiger partial charge on any atom is 0.227 e. The second-order valence-electron chi connectivity index (χ2n) is 5.55. The molecule has 18 heavy (non-hydrogen) atoms. The Morgan fingerprint density at radius 2 is 2.06 bits per heavy atom. The van der Waals surface area contributed by atoms with Crippen molar-refractivity contribution in [2.75, 3.05) is 26.3 Å². The number of nitrogens with zero attached hydrogens (tertiary/aromatic N) is 1. The first-order valence-electron chi connectivity index (χ1n) is 7.31. The van der Waals surface area contributed by atoms with E-state index >= 15 is 0 Å². The van der Waals surface area contributed by atoms with Crippen LogP contribution in [0.1, 0.15) is 33.1 Å². The first kappa shape index (κ1) is 13.8. The highest BCUT2D eigenvalue weighted by atomic mass is 16.5. The lowest BCUT2D eigenvalue weighted by Gasteiger charge is -2.32. The molecule has 2 rings (SSSR count). The fourth-order valence-corrected chi connectivity index (χ4v) is 3.66. The maximum absolute atomic E-state index is 12.6. The Hall–Kier alpha value is -0.610. The van der Waals surface area contributed by atoms with E-state index in [1.807, 2.05) is 18.7 Å². The number of nitrogens with two attached hydrogens (primary N) is 1. The van der Waals surface area contributed by atoms with Crippen molar-refractivity contribution < 1.29 is 9.53 Å². The minimum absolute atomic E-state index is 0.0744.